The van der Waals surface area contributed by atoms with Crippen molar-refractivity contribution in [1.82, 2.24) is 0 Å². The molecule has 0 radical (unpaired) electrons. The number of benzene rings is 1. The Kier molecular flexibility index (Phi) is 6.09. The Bertz CT molecular complexity index is 353. The zero-order chi connectivity index (χ0) is 12.0. The normalized spacial score (nSPS) is 10.8. The number of rotatable bonds is 6. The van der Waals surface area contributed by atoms with Gasteiger partial charge in [-0.3, -0.25) is 4.79 Å². The van der Waals surface area contributed by atoms with Crippen molar-refractivity contribution in [3.8, 4) is 0 Å². The molecule has 1 aromatic rings. The number of Topliss-reactive ketones (excluding diaryl/α,β-unsaturated/α-hetero) is 1. The summed E-state index contributed by atoms with van der Waals surface area (Å²) >= 11 is 4.93. The average Bonchev–Trinajstić information content (AvgIpc) is 2.23. The van der Waals surface area contributed by atoms with E-state index in [0.717, 1.165) is 9.37 Å². The van der Waals surface area contributed by atoms with Gasteiger partial charge in [-0.25, -0.2) is 0 Å². The van der Waals surface area contributed by atoms with Gasteiger partial charge in [-0.05, 0) is 32.0 Å². The molecule has 1 rings (SSSR count). The fourth-order valence-corrected chi connectivity index (χ4v) is 2.37. The molecule has 0 unspecified atom stereocenters. The highest BCUT2D eigenvalue weighted by atomic mass is 79.9. The molecule has 0 aromatic heterocycles. The Hall–Kier alpha value is -0.320. The zero-order valence-corrected chi connectivity index (χ0v) is 11.8. The van der Waals surface area contributed by atoms with E-state index in [1.54, 1.807) is 0 Å². The molecule has 1 aromatic carbocycles. The van der Waals surface area contributed by atoms with Gasteiger partial charge in [0, 0.05) is 9.37 Å². The maximum absolute atomic E-state index is 11.4. The van der Waals surface area contributed by atoms with E-state index in [0.29, 0.717) is 5.75 Å². The number of hydrogen-bond acceptors (Lipinski definition) is 3. The number of ether oxygens (including phenoxy) is 1. The Balaban J connectivity index is 2.31. The summed E-state index contributed by atoms with van der Waals surface area (Å²) in [4.78, 5) is 12.5. The van der Waals surface area contributed by atoms with Crippen LogP contribution in [-0.4, -0.2) is 24.2 Å². The van der Waals surface area contributed by atoms with E-state index < -0.39 is 0 Å². The van der Waals surface area contributed by atoms with Crippen LogP contribution in [0.4, 0.5) is 0 Å². The van der Waals surface area contributed by atoms with Crippen molar-refractivity contribution in [3.63, 3.8) is 0 Å². The Labute approximate surface area is 109 Å². The molecule has 0 fully saturated rings. The van der Waals surface area contributed by atoms with Crippen molar-refractivity contribution in [2.24, 2.45) is 0 Å². The van der Waals surface area contributed by atoms with E-state index >= 15 is 0 Å². The molecule has 0 spiro atoms. The Morgan fingerprint density at radius 1 is 1.50 bits per heavy atom. The molecule has 0 amide bonds. The summed E-state index contributed by atoms with van der Waals surface area (Å²) in [5.41, 5.74) is 0. The summed E-state index contributed by atoms with van der Waals surface area (Å²) in [6.45, 7) is 4.06. The van der Waals surface area contributed by atoms with Gasteiger partial charge in [0.2, 0.25) is 0 Å². The van der Waals surface area contributed by atoms with Crippen molar-refractivity contribution in [3.05, 3.63) is 28.7 Å². The standard InChI is InChI=1S/C12H15BrO2S/c1-9(2)15-7-11(14)8-16-12-5-3-4-10(13)6-12/h3-6,9H,7-8H2,1-2H3. The minimum absolute atomic E-state index is 0.111. The molecule has 16 heavy (non-hydrogen) atoms. The second kappa shape index (κ2) is 7.09. The molecule has 0 aliphatic rings. The third-order valence-corrected chi connectivity index (χ3v) is 3.32. The van der Waals surface area contributed by atoms with Gasteiger partial charge >= 0.3 is 0 Å². The molecular weight excluding hydrogens is 288 g/mol. The number of thioether (sulfide) groups is 1. The smallest absolute Gasteiger partial charge is 0.168 e. The second-order valence-electron chi connectivity index (χ2n) is 3.64. The van der Waals surface area contributed by atoms with Crippen LogP contribution in [0.15, 0.2) is 33.6 Å². The first-order chi connectivity index (χ1) is 7.58. The van der Waals surface area contributed by atoms with Gasteiger partial charge in [0.05, 0.1) is 11.9 Å². The van der Waals surface area contributed by atoms with Crippen LogP contribution in [-0.2, 0) is 9.53 Å². The minimum atomic E-state index is 0.111. The first-order valence-electron chi connectivity index (χ1n) is 5.09. The number of carbonyl (C=O) groups is 1. The molecule has 0 bridgehead atoms. The SMILES string of the molecule is CC(C)OCC(=O)CSc1cccc(Br)c1. The predicted octanol–water partition coefficient (Wildman–Crippen LogP) is 3.54. The molecule has 0 aliphatic carbocycles. The first kappa shape index (κ1) is 13.7. The van der Waals surface area contributed by atoms with Crippen LogP contribution in [0.1, 0.15) is 13.8 Å². The largest absolute Gasteiger partial charge is 0.371 e. The quantitative estimate of drug-likeness (QED) is 0.752. The van der Waals surface area contributed by atoms with Crippen molar-refractivity contribution in [2.75, 3.05) is 12.4 Å². The van der Waals surface area contributed by atoms with E-state index in [1.807, 2.05) is 38.1 Å². The summed E-state index contributed by atoms with van der Waals surface area (Å²) in [5.74, 6) is 0.585. The maximum atomic E-state index is 11.4. The molecule has 4 heteroatoms. The van der Waals surface area contributed by atoms with Gasteiger partial charge in [0.1, 0.15) is 6.61 Å². The first-order valence-corrected chi connectivity index (χ1v) is 6.87. The van der Waals surface area contributed by atoms with E-state index in [9.17, 15) is 4.79 Å². The summed E-state index contributed by atoms with van der Waals surface area (Å²) in [6.07, 6.45) is 0.111. The maximum Gasteiger partial charge on any atom is 0.168 e. The highest BCUT2D eigenvalue weighted by Gasteiger charge is 2.05. The summed E-state index contributed by atoms with van der Waals surface area (Å²) in [6, 6.07) is 7.92. The lowest BCUT2D eigenvalue weighted by Gasteiger charge is -2.06. The van der Waals surface area contributed by atoms with E-state index in [1.165, 1.54) is 11.8 Å². The number of carbonyl (C=O) groups excluding carboxylic acids is 1. The fourth-order valence-electron chi connectivity index (χ4n) is 1.02. The van der Waals surface area contributed by atoms with Crippen molar-refractivity contribution >= 4 is 33.5 Å². The van der Waals surface area contributed by atoms with E-state index in [2.05, 4.69) is 15.9 Å². The van der Waals surface area contributed by atoms with Crippen molar-refractivity contribution < 1.29 is 9.53 Å². The highest BCUT2D eigenvalue weighted by Crippen LogP contribution is 2.21. The second-order valence-corrected chi connectivity index (χ2v) is 5.61. The van der Waals surface area contributed by atoms with Crippen LogP contribution >= 0.6 is 27.7 Å². The zero-order valence-electron chi connectivity index (χ0n) is 9.40. The summed E-state index contributed by atoms with van der Waals surface area (Å²) in [5, 5.41) is 0. The molecule has 0 heterocycles. The van der Waals surface area contributed by atoms with Gasteiger partial charge in [0.25, 0.3) is 0 Å². The summed E-state index contributed by atoms with van der Waals surface area (Å²) in [7, 11) is 0. The third-order valence-electron chi connectivity index (χ3n) is 1.77. The van der Waals surface area contributed by atoms with Crippen LogP contribution < -0.4 is 0 Å². The summed E-state index contributed by atoms with van der Waals surface area (Å²) < 4.78 is 6.27. The topological polar surface area (TPSA) is 26.3 Å². The number of hydrogen-bond donors (Lipinski definition) is 0. The van der Waals surface area contributed by atoms with Gasteiger partial charge < -0.3 is 4.74 Å². The third kappa shape index (κ3) is 5.68. The van der Waals surface area contributed by atoms with Crippen LogP contribution in [0.5, 0.6) is 0 Å². The lowest BCUT2D eigenvalue weighted by molar-refractivity contribution is -0.122. The van der Waals surface area contributed by atoms with Crippen LogP contribution in [0.25, 0.3) is 0 Å². The van der Waals surface area contributed by atoms with Crippen LogP contribution in [0, 0.1) is 0 Å². The van der Waals surface area contributed by atoms with Gasteiger partial charge in [-0.2, -0.15) is 0 Å². The molecule has 0 aliphatic heterocycles. The molecule has 88 valence electrons. The minimum Gasteiger partial charge on any atom is -0.371 e. The lowest BCUT2D eigenvalue weighted by Crippen LogP contribution is -2.14. The van der Waals surface area contributed by atoms with Crippen LogP contribution in [0.3, 0.4) is 0 Å². The average molecular weight is 303 g/mol. The van der Waals surface area contributed by atoms with Gasteiger partial charge in [-0.15, -0.1) is 11.8 Å². The number of ketones is 1. The monoisotopic (exact) mass is 302 g/mol. The van der Waals surface area contributed by atoms with E-state index in [4.69, 9.17) is 4.74 Å². The van der Waals surface area contributed by atoms with Gasteiger partial charge in [0.15, 0.2) is 5.78 Å². The highest BCUT2D eigenvalue weighted by molar-refractivity contribution is 9.10. The van der Waals surface area contributed by atoms with E-state index in [-0.39, 0.29) is 18.5 Å². The molecule has 0 saturated carbocycles. The Morgan fingerprint density at radius 2 is 2.25 bits per heavy atom. The molecule has 2 nitrogen and oxygen atoms in total. The molecule has 0 N–H and O–H groups in total. The van der Waals surface area contributed by atoms with Crippen molar-refractivity contribution in [2.45, 2.75) is 24.8 Å². The Morgan fingerprint density at radius 3 is 2.88 bits per heavy atom. The predicted molar refractivity (Wildman–Crippen MR) is 71.0 cm³/mol. The molecule has 0 atom stereocenters. The fraction of sp³-hybridized carbons (Fsp3) is 0.417. The van der Waals surface area contributed by atoms with Gasteiger partial charge in [-0.1, -0.05) is 22.0 Å². The molecule has 0 saturated heterocycles. The number of halogens is 1. The molecular formula is C12H15BrO2S. The van der Waals surface area contributed by atoms with Crippen LogP contribution in [0.2, 0.25) is 0 Å². The lowest BCUT2D eigenvalue weighted by atomic mass is 10.4. The van der Waals surface area contributed by atoms with Crippen molar-refractivity contribution in [1.29, 1.82) is 0 Å².